The molecule has 18 heavy (non-hydrogen) atoms. The number of aromatic amines is 1. The minimum Gasteiger partial charge on any atom is -0.396 e. The molecule has 0 radical (unpaired) electrons. The van der Waals surface area contributed by atoms with Gasteiger partial charge in [0, 0.05) is 13.2 Å². The lowest BCUT2D eigenvalue weighted by molar-refractivity contribution is 0.251. The second-order valence-electron chi connectivity index (χ2n) is 4.35. The van der Waals surface area contributed by atoms with Crippen molar-refractivity contribution in [2.75, 3.05) is 13.2 Å². The summed E-state index contributed by atoms with van der Waals surface area (Å²) in [5.41, 5.74) is 0. The maximum atomic E-state index is 11.9. The normalized spacial score (nSPS) is 13.7. The van der Waals surface area contributed by atoms with Crippen LogP contribution in [0.1, 0.15) is 32.0 Å². The van der Waals surface area contributed by atoms with Gasteiger partial charge in [0.25, 0.3) is 10.0 Å². The van der Waals surface area contributed by atoms with Gasteiger partial charge in [-0.1, -0.05) is 13.3 Å². The third-order valence-electron chi connectivity index (χ3n) is 2.77. The number of imidazole rings is 1. The summed E-state index contributed by atoms with van der Waals surface area (Å²) < 4.78 is 26.4. The van der Waals surface area contributed by atoms with Gasteiger partial charge in [-0.3, -0.25) is 0 Å². The first-order chi connectivity index (χ1) is 8.49. The van der Waals surface area contributed by atoms with Crippen molar-refractivity contribution in [2.24, 2.45) is 5.92 Å². The van der Waals surface area contributed by atoms with Crippen LogP contribution in [0, 0.1) is 12.8 Å². The number of hydrogen-bond acceptors (Lipinski definition) is 4. The highest BCUT2D eigenvalue weighted by Crippen LogP contribution is 2.11. The molecule has 0 spiro atoms. The number of aliphatic hydroxyl groups excluding tert-OH is 1. The van der Waals surface area contributed by atoms with Crippen molar-refractivity contribution in [3.63, 3.8) is 0 Å². The Morgan fingerprint density at radius 1 is 1.50 bits per heavy atom. The van der Waals surface area contributed by atoms with E-state index in [1.54, 1.807) is 6.92 Å². The quantitative estimate of drug-likeness (QED) is 0.654. The molecule has 104 valence electrons. The van der Waals surface area contributed by atoms with Crippen molar-refractivity contribution in [3.05, 3.63) is 12.0 Å². The van der Waals surface area contributed by atoms with Crippen LogP contribution in [0.3, 0.4) is 0 Å². The minimum absolute atomic E-state index is 0.0789. The van der Waals surface area contributed by atoms with Crippen molar-refractivity contribution >= 4 is 10.0 Å². The van der Waals surface area contributed by atoms with E-state index in [0.29, 0.717) is 18.8 Å². The summed E-state index contributed by atoms with van der Waals surface area (Å²) in [5.74, 6) is 0.731. The van der Waals surface area contributed by atoms with Crippen LogP contribution in [0.2, 0.25) is 0 Å². The molecule has 1 aromatic heterocycles. The zero-order chi connectivity index (χ0) is 13.6. The second kappa shape index (κ2) is 6.86. The van der Waals surface area contributed by atoms with Gasteiger partial charge in [-0.05, 0) is 25.7 Å². The molecule has 0 fully saturated rings. The number of sulfonamides is 1. The highest BCUT2D eigenvalue weighted by molar-refractivity contribution is 7.89. The summed E-state index contributed by atoms with van der Waals surface area (Å²) >= 11 is 0. The Hall–Kier alpha value is -0.920. The van der Waals surface area contributed by atoms with E-state index >= 15 is 0 Å². The van der Waals surface area contributed by atoms with Gasteiger partial charge >= 0.3 is 0 Å². The molecule has 0 bridgehead atoms. The predicted octanol–water partition coefficient (Wildman–Crippen LogP) is 0.795. The molecule has 0 aliphatic rings. The first kappa shape index (κ1) is 15.1. The molecule has 1 atom stereocenters. The summed E-state index contributed by atoms with van der Waals surface area (Å²) in [7, 11) is -3.52. The molecule has 6 nitrogen and oxygen atoms in total. The van der Waals surface area contributed by atoms with Crippen molar-refractivity contribution in [3.8, 4) is 0 Å². The third kappa shape index (κ3) is 4.40. The third-order valence-corrected chi connectivity index (χ3v) is 4.10. The van der Waals surface area contributed by atoms with Crippen LogP contribution >= 0.6 is 0 Å². The fraction of sp³-hybridized carbons (Fsp3) is 0.727. The van der Waals surface area contributed by atoms with Gasteiger partial charge in [0.05, 0.1) is 6.20 Å². The average Bonchev–Trinajstić information content (AvgIpc) is 2.74. The summed E-state index contributed by atoms with van der Waals surface area (Å²) in [6, 6.07) is 0. The maximum absolute atomic E-state index is 11.9. The van der Waals surface area contributed by atoms with Gasteiger partial charge in [-0.2, -0.15) is 0 Å². The van der Waals surface area contributed by atoms with Crippen molar-refractivity contribution in [1.82, 2.24) is 14.7 Å². The molecule has 0 saturated carbocycles. The van der Waals surface area contributed by atoms with Gasteiger partial charge in [-0.25, -0.2) is 18.1 Å². The van der Waals surface area contributed by atoms with E-state index in [0.717, 1.165) is 12.8 Å². The molecule has 0 aliphatic carbocycles. The number of nitrogens with one attached hydrogen (secondary N) is 2. The highest BCUT2D eigenvalue weighted by atomic mass is 32.2. The second-order valence-corrected chi connectivity index (χ2v) is 6.09. The monoisotopic (exact) mass is 275 g/mol. The standard InChI is InChI=1S/C11H21N3O3S/c1-3-4-10(5-6-15)7-13-18(16,17)11-8-12-9(2)14-11/h8,10,13,15H,3-7H2,1-2H3,(H,12,14). The van der Waals surface area contributed by atoms with Crippen LogP contribution in [0.15, 0.2) is 11.2 Å². The first-order valence-corrected chi connectivity index (χ1v) is 7.60. The van der Waals surface area contributed by atoms with E-state index in [-0.39, 0.29) is 17.6 Å². The topological polar surface area (TPSA) is 95.1 Å². The Labute approximate surface area is 108 Å². The van der Waals surface area contributed by atoms with Crippen LogP contribution in [-0.4, -0.2) is 36.6 Å². The molecular formula is C11H21N3O3S. The van der Waals surface area contributed by atoms with Gasteiger partial charge in [0.2, 0.25) is 0 Å². The van der Waals surface area contributed by atoms with E-state index in [1.165, 1.54) is 6.20 Å². The van der Waals surface area contributed by atoms with E-state index in [1.807, 2.05) is 6.92 Å². The largest absolute Gasteiger partial charge is 0.396 e. The molecule has 7 heteroatoms. The molecule has 1 heterocycles. The zero-order valence-corrected chi connectivity index (χ0v) is 11.6. The lowest BCUT2D eigenvalue weighted by Crippen LogP contribution is -2.30. The lowest BCUT2D eigenvalue weighted by Gasteiger charge is -2.15. The molecule has 0 aliphatic heterocycles. The lowest BCUT2D eigenvalue weighted by atomic mass is 10.0. The van der Waals surface area contributed by atoms with Crippen LogP contribution in [-0.2, 0) is 10.0 Å². The average molecular weight is 275 g/mol. The molecule has 1 rings (SSSR count). The number of aromatic nitrogens is 2. The van der Waals surface area contributed by atoms with Crippen LogP contribution < -0.4 is 4.72 Å². The summed E-state index contributed by atoms with van der Waals surface area (Å²) in [4.78, 5) is 6.56. The van der Waals surface area contributed by atoms with Crippen LogP contribution in [0.4, 0.5) is 0 Å². The number of hydrogen-bond donors (Lipinski definition) is 3. The van der Waals surface area contributed by atoms with E-state index in [9.17, 15) is 8.42 Å². The molecular weight excluding hydrogens is 254 g/mol. The number of rotatable bonds is 8. The SMILES string of the molecule is CCCC(CCO)CNS(=O)(=O)c1cnc(C)[nH]1. The van der Waals surface area contributed by atoms with E-state index in [2.05, 4.69) is 14.7 Å². The fourth-order valence-corrected chi connectivity index (χ4v) is 2.86. The van der Waals surface area contributed by atoms with Gasteiger partial charge in [0.1, 0.15) is 5.82 Å². The molecule has 0 aromatic carbocycles. The van der Waals surface area contributed by atoms with Gasteiger partial charge < -0.3 is 10.1 Å². The number of H-pyrrole nitrogens is 1. The van der Waals surface area contributed by atoms with Gasteiger partial charge in [-0.15, -0.1) is 0 Å². The smallest absolute Gasteiger partial charge is 0.257 e. The number of aliphatic hydroxyl groups is 1. The molecule has 3 N–H and O–H groups in total. The summed E-state index contributed by atoms with van der Waals surface area (Å²) in [5, 5.41) is 9.00. The van der Waals surface area contributed by atoms with Crippen molar-refractivity contribution < 1.29 is 13.5 Å². The number of nitrogens with zero attached hydrogens (tertiary/aromatic N) is 1. The predicted molar refractivity (Wildman–Crippen MR) is 68.6 cm³/mol. The summed E-state index contributed by atoms with van der Waals surface area (Å²) in [6.07, 6.45) is 3.78. The Bertz CT molecular complexity index is 450. The van der Waals surface area contributed by atoms with Crippen molar-refractivity contribution in [2.45, 2.75) is 38.1 Å². The van der Waals surface area contributed by atoms with E-state index < -0.39 is 10.0 Å². The zero-order valence-electron chi connectivity index (χ0n) is 10.8. The summed E-state index contributed by atoms with van der Waals surface area (Å²) in [6.45, 7) is 4.16. The molecule has 0 amide bonds. The van der Waals surface area contributed by atoms with Gasteiger partial charge in [0.15, 0.2) is 5.03 Å². The Morgan fingerprint density at radius 3 is 2.72 bits per heavy atom. The number of aryl methyl sites for hydroxylation is 1. The minimum atomic E-state index is -3.52. The Morgan fingerprint density at radius 2 is 2.22 bits per heavy atom. The van der Waals surface area contributed by atoms with Crippen LogP contribution in [0.5, 0.6) is 0 Å². The van der Waals surface area contributed by atoms with Crippen molar-refractivity contribution in [1.29, 1.82) is 0 Å². The Kier molecular flexibility index (Phi) is 5.77. The first-order valence-electron chi connectivity index (χ1n) is 6.11. The highest BCUT2D eigenvalue weighted by Gasteiger charge is 2.18. The fourth-order valence-electron chi connectivity index (χ4n) is 1.78. The van der Waals surface area contributed by atoms with Crippen LogP contribution in [0.25, 0.3) is 0 Å². The molecule has 0 saturated heterocycles. The maximum Gasteiger partial charge on any atom is 0.257 e. The van der Waals surface area contributed by atoms with E-state index in [4.69, 9.17) is 5.11 Å². The Balaban J connectivity index is 2.60. The molecule has 1 unspecified atom stereocenters. The molecule has 1 aromatic rings.